The average molecular weight is 366 g/mol. The van der Waals surface area contributed by atoms with E-state index in [9.17, 15) is 0 Å². The van der Waals surface area contributed by atoms with E-state index in [0.717, 1.165) is 50.0 Å². The normalized spacial score (nSPS) is 22.6. The van der Waals surface area contributed by atoms with Crippen molar-refractivity contribution in [2.75, 3.05) is 13.7 Å². The SMILES string of the molecule is C=CCN([C@H]1CCC/C(OC)=C\C=C/C(=C)C1)[C@H](C)c1ccc(CC)cc1. The summed E-state index contributed by atoms with van der Waals surface area (Å²) < 4.78 is 5.49. The van der Waals surface area contributed by atoms with E-state index in [1.165, 1.54) is 11.1 Å². The lowest BCUT2D eigenvalue weighted by Gasteiger charge is -2.37. The molecule has 0 radical (unpaired) electrons. The molecule has 0 heterocycles. The van der Waals surface area contributed by atoms with Crippen LogP contribution in [0.1, 0.15) is 56.7 Å². The maximum atomic E-state index is 5.49. The minimum Gasteiger partial charge on any atom is -0.501 e. The summed E-state index contributed by atoms with van der Waals surface area (Å²) in [6, 6.07) is 9.85. The Labute approximate surface area is 165 Å². The van der Waals surface area contributed by atoms with E-state index in [4.69, 9.17) is 4.74 Å². The topological polar surface area (TPSA) is 12.5 Å². The molecule has 0 fully saturated rings. The van der Waals surface area contributed by atoms with Gasteiger partial charge in [0.1, 0.15) is 0 Å². The molecule has 0 unspecified atom stereocenters. The van der Waals surface area contributed by atoms with Gasteiger partial charge in [-0.3, -0.25) is 4.90 Å². The van der Waals surface area contributed by atoms with E-state index in [0.29, 0.717) is 12.1 Å². The molecule has 146 valence electrons. The molecule has 0 aliphatic heterocycles. The zero-order valence-electron chi connectivity index (χ0n) is 17.3. The Morgan fingerprint density at radius 1 is 1.30 bits per heavy atom. The molecular formula is C25H35NO. The first-order valence-electron chi connectivity index (χ1n) is 10.1. The summed E-state index contributed by atoms with van der Waals surface area (Å²) in [5.41, 5.74) is 3.92. The first kappa shape index (κ1) is 21.2. The number of hydrogen-bond acceptors (Lipinski definition) is 2. The Hall–Kier alpha value is -2.06. The molecule has 0 aromatic heterocycles. The molecule has 0 saturated heterocycles. The number of rotatable bonds is 7. The van der Waals surface area contributed by atoms with Crippen molar-refractivity contribution < 1.29 is 4.74 Å². The molecule has 2 rings (SSSR count). The van der Waals surface area contributed by atoms with Gasteiger partial charge in [0, 0.05) is 25.0 Å². The molecule has 0 N–H and O–H groups in total. The highest BCUT2D eigenvalue weighted by Gasteiger charge is 2.24. The average Bonchev–Trinajstić information content (AvgIpc) is 2.69. The van der Waals surface area contributed by atoms with Crippen molar-refractivity contribution in [3.05, 3.63) is 84.2 Å². The van der Waals surface area contributed by atoms with Crippen LogP contribution in [-0.2, 0) is 11.2 Å². The van der Waals surface area contributed by atoms with Crippen LogP contribution in [0, 0.1) is 0 Å². The summed E-state index contributed by atoms with van der Waals surface area (Å²) in [4.78, 5) is 2.57. The van der Waals surface area contributed by atoms with Gasteiger partial charge >= 0.3 is 0 Å². The summed E-state index contributed by atoms with van der Waals surface area (Å²) in [5.74, 6) is 1.04. The smallest absolute Gasteiger partial charge is 0.0955 e. The van der Waals surface area contributed by atoms with Crippen molar-refractivity contribution in [1.82, 2.24) is 4.90 Å². The highest BCUT2D eigenvalue weighted by Crippen LogP contribution is 2.29. The van der Waals surface area contributed by atoms with Crippen LogP contribution in [0.15, 0.2) is 73.1 Å². The Bertz CT molecular complexity index is 668. The number of hydrogen-bond donors (Lipinski definition) is 0. The van der Waals surface area contributed by atoms with Crippen LogP contribution in [0.25, 0.3) is 0 Å². The Balaban J connectivity index is 2.21. The monoisotopic (exact) mass is 365 g/mol. The molecule has 2 atom stereocenters. The van der Waals surface area contributed by atoms with Crippen molar-refractivity contribution in [3.8, 4) is 0 Å². The number of allylic oxidation sites excluding steroid dienone is 4. The lowest BCUT2D eigenvalue weighted by molar-refractivity contribution is 0.149. The van der Waals surface area contributed by atoms with E-state index < -0.39 is 0 Å². The third-order valence-electron chi connectivity index (χ3n) is 5.51. The van der Waals surface area contributed by atoms with Gasteiger partial charge in [-0.25, -0.2) is 0 Å². The highest BCUT2D eigenvalue weighted by atomic mass is 16.5. The van der Waals surface area contributed by atoms with Crippen molar-refractivity contribution in [2.45, 2.75) is 58.0 Å². The number of nitrogens with zero attached hydrogens (tertiary/aromatic N) is 1. The molecule has 0 saturated carbocycles. The van der Waals surface area contributed by atoms with Crippen LogP contribution in [-0.4, -0.2) is 24.6 Å². The summed E-state index contributed by atoms with van der Waals surface area (Å²) in [6.07, 6.45) is 13.5. The van der Waals surface area contributed by atoms with Crippen molar-refractivity contribution in [1.29, 1.82) is 0 Å². The van der Waals surface area contributed by atoms with Gasteiger partial charge in [-0.2, -0.15) is 0 Å². The standard InChI is InChI=1S/C25H35NO/c1-6-18-26(21(4)23-16-14-22(7-2)15-17-23)24-11-9-13-25(27-5)12-8-10-20(3)19-24/h6,8,10,12,14-17,21,24H,1,3,7,9,11,13,18-19H2,2,4-5H3/b10-8-,25-12+/t21-,24+/m1/s1. The highest BCUT2D eigenvalue weighted by molar-refractivity contribution is 5.26. The van der Waals surface area contributed by atoms with Crippen LogP contribution >= 0.6 is 0 Å². The largest absolute Gasteiger partial charge is 0.501 e. The van der Waals surface area contributed by atoms with Gasteiger partial charge in [-0.1, -0.05) is 61.6 Å². The van der Waals surface area contributed by atoms with Gasteiger partial charge in [-0.05, 0) is 49.8 Å². The second-order valence-corrected chi connectivity index (χ2v) is 7.36. The van der Waals surface area contributed by atoms with Crippen LogP contribution in [0.5, 0.6) is 0 Å². The van der Waals surface area contributed by atoms with Gasteiger partial charge < -0.3 is 4.74 Å². The van der Waals surface area contributed by atoms with Gasteiger partial charge in [0.05, 0.1) is 12.9 Å². The molecule has 2 nitrogen and oxygen atoms in total. The lowest BCUT2D eigenvalue weighted by Crippen LogP contribution is -2.38. The van der Waals surface area contributed by atoms with Crippen molar-refractivity contribution in [2.24, 2.45) is 0 Å². The Morgan fingerprint density at radius 3 is 2.67 bits per heavy atom. The predicted octanol–water partition coefficient (Wildman–Crippen LogP) is 6.38. The summed E-state index contributed by atoms with van der Waals surface area (Å²) in [5, 5.41) is 0. The van der Waals surface area contributed by atoms with E-state index in [2.05, 4.69) is 74.4 Å². The molecule has 1 aromatic carbocycles. The quantitative estimate of drug-likeness (QED) is 0.520. The van der Waals surface area contributed by atoms with Crippen LogP contribution in [0.4, 0.5) is 0 Å². The van der Waals surface area contributed by atoms with E-state index in [1.54, 1.807) is 7.11 Å². The third kappa shape index (κ3) is 6.25. The van der Waals surface area contributed by atoms with Crippen molar-refractivity contribution in [3.63, 3.8) is 0 Å². The summed E-state index contributed by atoms with van der Waals surface area (Å²) in [7, 11) is 1.75. The van der Waals surface area contributed by atoms with Gasteiger partial charge in [0.25, 0.3) is 0 Å². The van der Waals surface area contributed by atoms with Crippen LogP contribution in [0.3, 0.4) is 0 Å². The fraction of sp³-hybridized carbons (Fsp3) is 0.440. The zero-order valence-corrected chi connectivity index (χ0v) is 17.3. The minimum absolute atomic E-state index is 0.344. The lowest BCUT2D eigenvalue weighted by atomic mass is 9.95. The molecule has 0 bridgehead atoms. The number of aryl methyl sites for hydroxylation is 1. The Kier molecular flexibility index (Phi) is 8.60. The maximum absolute atomic E-state index is 5.49. The molecule has 0 amide bonds. The second-order valence-electron chi connectivity index (χ2n) is 7.36. The van der Waals surface area contributed by atoms with E-state index in [1.807, 2.05) is 6.08 Å². The molecule has 27 heavy (non-hydrogen) atoms. The van der Waals surface area contributed by atoms with E-state index >= 15 is 0 Å². The molecule has 1 aliphatic rings. The van der Waals surface area contributed by atoms with Crippen LogP contribution in [0.2, 0.25) is 0 Å². The predicted molar refractivity (Wildman–Crippen MR) is 117 cm³/mol. The fourth-order valence-electron chi connectivity index (χ4n) is 3.81. The second kappa shape index (κ2) is 10.9. The molecule has 0 spiro atoms. The fourth-order valence-corrected chi connectivity index (χ4v) is 3.81. The first-order valence-corrected chi connectivity index (χ1v) is 10.1. The minimum atomic E-state index is 0.344. The number of ether oxygens (including phenoxy) is 1. The molecule has 1 aromatic rings. The van der Waals surface area contributed by atoms with Gasteiger partial charge in [0.2, 0.25) is 0 Å². The number of methoxy groups -OCH3 is 1. The summed E-state index contributed by atoms with van der Waals surface area (Å²) >= 11 is 0. The molecule has 1 aliphatic carbocycles. The van der Waals surface area contributed by atoms with Gasteiger partial charge in [0.15, 0.2) is 0 Å². The van der Waals surface area contributed by atoms with Crippen molar-refractivity contribution >= 4 is 0 Å². The first-order chi connectivity index (χ1) is 13.1. The third-order valence-corrected chi connectivity index (χ3v) is 5.51. The van der Waals surface area contributed by atoms with Gasteiger partial charge in [-0.15, -0.1) is 6.58 Å². The summed E-state index contributed by atoms with van der Waals surface area (Å²) in [6.45, 7) is 13.7. The molecule has 2 heteroatoms. The maximum Gasteiger partial charge on any atom is 0.0955 e. The number of benzene rings is 1. The molecular weight excluding hydrogens is 330 g/mol. The van der Waals surface area contributed by atoms with Crippen LogP contribution < -0.4 is 0 Å². The Morgan fingerprint density at radius 2 is 2.04 bits per heavy atom. The zero-order chi connectivity index (χ0) is 19.6. The van der Waals surface area contributed by atoms with E-state index in [-0.39, 0.29) is 0 Å².